The Morgan fingerprint density at radius 3 is 2.71 bits per heavy atom. The minimum absolute atomic E-state index is 0.0172. The van der Waals surface area contributed by atoms with E-state index in [0.29, 0.717) is 30.1 Å². The maximum absolute atomic E-state index is 14.9. The molecular weight excluding hydrogens is 451 g/mol. The van der Waals surface area contributed by atoms with Crippen LogP contribution in [-0.4, -0.2) is 18.2 Å². The van der Waals surface area contributed by atoms with Crippen LogP contribution in [0.25, 0.3) is 16.0 Å². The van der Waals surface area contributed by atoms with Gasteiger partial charge in [-0.1, -0.05) is 32.1 Å². The molecule has 1 heterocycles. The highest BCUT2D eigenvalue weighted by molar-refractivity contribution is 7.14. The summed E-state index contributed by atoms with van der Waals surface area (Å²) >= 11 is 1.52. The third-order valence-electron chi connectivity index (χ3n) is 6.32. The molecule has 0 spiro atoms. The zero-order chi connectivity index (χ0) is 24.3. The van der Waals surface area contributed by atoms with Gasteiger partial charge in [0.05, 0.1) is 7.11 Å². The van der Waals surface area contributed by atoms with Crippen LogP contribution in [0.2, 0.25) is 0 Å². The topological polar surface area (TPSA) is 55.8 Å². The van der Waals surface area contributed by atoms with Crippen LogP contribution in [0.4, 0.5) is 4.39 Å². The summed E-state index contributed by atoms with van der Waals surface area (Å²) < 4.78 is 26.4. The molecule has 4 rings (SSSR count). The fraction of sp³-hybridized carbons (Fsp3) is 0.321. The molecule has 0 bridgehead atoms. The van der Waals surface area contributed by atoms with Gasteiger partial charge in [0.25, 0.3) is 0 Å². The zero-order valence-electron chi connectivity index (χ0n) is 19.7. The van der Waals surface area contributed by atoms with Gasteiger partial charge < -0.3 is 14.6 Å². The number of benzene rings is 2. The summed E-state index contributed by atoms with van der Waals surface area (Å²) in [5.74, 6) is 0.207. The molecule has 1 aromatic heterocycles. The van der Waals surface area contributed by atoms with Gasteiger partial charge >= 0.3 is 5.97 Å². The molecule has 4 nitrogen and oxygen atoms in total. The Morgan fingerprint density at radius 1 is 1.18 bits per heavy atom. The summed E-state index contributed by atoms with van der Waals surface area (Å²) in [4.78, 5) is 11.8. The summed E-state index contributed by atoms with van der Waals surface area (Å²) in [5.41, 5.74) is 4.71. The van der Waals surface area contributed by atoms with Crippen LogP contribution in [0.15, 0.2) is 53.9 Å². The van der Waals surface area contributed by atoms with Crippen molar-refractivity contribution in [1.29, 1.82) is 0 Å². The monoisotopic (exact) mass is 480 g/mol. The molecule has 3 aromatic rings. The van der Waals surface area contributed by atoms with Crippen molar-refractivity contribution in [1.82, 2.24) is 0 Å². The van der Waals surface area contributed by atoms with Crippen molar-refractivity contribution in [3.63, 3.8) is 0 Å². The lowest BCUT2D eigenvalue weighted by Gasteiger charge is -2.24. The van der Waals surface area contributed by atoms with Crippen molar-refractivity contribution >= 4 is 22.9 Å². The normalized spacial score (nSPS) is 14.6. The van der Waals surface area contributed by atoms with Crippen molar-refractivity contribution < 1.29 is 23.8 Å². The van der Waals surface area contributed by atoms with E-state index in [9.17, 15) is 9.18 Å². The summed E-state index contributed by atoms with van der Waals surface area (Å²) in [5, 5.41) is 11.0. The van der Waals surface area contributed by atoms with Crippen LogP contribution >= 0.6 is 11.3 Å². The maximum Gasteiger partial charge on any atom is 0.303 e. The maximum atomic E-state index is 14.9. The number of methoxy groups -OCH3 is 1. The second kappa shape index (κ2) is 10.0. The third kappa shape index (κ3) is 5.17. The molecular formula is C28H29FO4S. The number of carboxylic acids is 1. The quantitative estimate of drug-likeness (QED) is 0.348. The molecule has 2 aromatic carbocycles. The summed E-state index contributed by atoms with van der Waals surface area (Å²) in [7, 11) is 1.58. The molecule has 0 amide bonds. The average Bonchev–Trinajstić information content (AvgIpc) is 3.38. The Kier molecular flexibility index (Phi) is 7.08. The van der Waals surface area contributed by atoms with E-state index >= 15 is 0 Å². The predicted molar refractivity (Wildman–Crippen MR) is 134 cm³/mol. The minimum Gasteiger partial charge on any atom is -0.497 e. The Morgan fingerprint density at radius 2 is 2.00 bits per heavy atom. The number of rotatable bonds is 9. The van der Waals surface area contributed by atoms with Crippen molar-refractivity contribution in [3.05, 3.63) is 76.4 Å². The van der Waals surface area contributed by atoms with E-state index in [4.69, 9.17) is 14.6 Å². The molecule has 0 aliphatic heterocycles. The van der Waals surface area contributed by atoms with Crippen molar-refractivity contribution in [3.8, 4) is 21.9 Å². The van der Waals surface area contributed by atoms with Crippen molar-refractivity contribution in [2.45, 2.75) is 46.1 Å². The number of hydrogen-bond donors (Lipinski definition) is 1. The predicted octanol–water partition coefficient (Wildman–Crippen LogP) is 7.36. The Balaban J connectivity index is 1.68. The lowest BCUT2D eigenvalue weighted by molar-refractivity contribution is -0.136. The lowest BCUT2D eigenvalue weighted by atomic mass is 9.80. The van der Waals surface area contributed by atoms with Gasteiger partial charge in [0.2, 0.25) is 0 Å². The molecule has 6 heteroatoms. The molecule has 0 radical (unpaired) electrons. The van der Waals surface area contributed by atoms with Gasteiger partial charge in [-0.15, -0.1) is 11.3 Å². The fourth-order valence-corrected chi connectivity index (χ4v) is 5.52. The first-order valence-electron chi connectivity index (χ1n) is 11.4. The van der Waals surface area contributed by atoms with Gasteiger partial charge in [0.1, 0.15) is 23.9 Å². The van der Waals surface area contributed by atoms with Crippen LogP contribution in [0, 0.1) is 11.2 Å². The first-order valence-corrected chi connectivity index (χ1v) is 12.3. The molecule has 0 unspecified atom stereocenters. The average molecular weight is 481 g/mol. The van der Waals surface area contributed by atoms with E-state index < -0.39 is 5.97 Å². The highest BCUT2D eigenvalue weighted by atomic mass is 32.1. The number of allylic oxidation sites excluding steroid dienone is 2. The van der Waals surface area contributed by atoms with Crippen LogP contribution in [-0.2, 0) is 17.8 Å². The highest BCUT2D eigenvalue weighted by Gasteiger charge is 2.33. The molecule has 0 atom stereocenters. The Labute approximate surface area is 203 Å². The number of thiophene rings is 1. The van der Waals surface area contributed by atoms with E-state index in [0.717, 1.165) is 34.4 Å². The molecule has 1 aliphatic rings. The van der Waals surface area contributed by atoms with Crippen LogP contribution in [0.1, 0.15) is 49.8 Å². The molecule has 0 saturated heterocycles. The first-order chi connectivity index (χ1) is 16.3. The number of aryl methyl sites for hydroxylation is 1. The second-order valence-corrected chi connectivity index (χ2v) is 10.1. The summed E-state index contributed by atoms with van der Waals surface area (Å²) in [6, 6.07) is 12.4. The fourth-order valence-electron chi connectivity index (χ4n) is 4.43. The van der Waals surface area contributed by atoms with E-state index in [1.165, 1.54) is 23.0 Å². The molecule has 178 valence electrons. The number of hydrogen-bond acceptors (Lipinski definition) is 4. The standard InChI is InChI=1S/C28H29FO4S/c1-28(2)13-5-8-23(28)26-19(16-33-21-7-4-6-18(14-21)9-12-25(30)31)17-34-27(26)22-15-20(32-3)10-11-24(22)29/h4,6-8,10-11,14-15,17H,5,9,12-13,16H2,1-3H3,(H,30,31). The van der Waals surface area contributed by atoms with Gasteiger partial charge in [0.15, 0.2) is 0 Å². The molecule has 1 aliphatic carbocycles. The molecule has 0 fully saturated rings. The summed E-state index contributed by atoms with van der Waals surface area (Å²) in [6.45, 7) is 4.80. The first kappa shape index (κ1) is 24.0. The van der Waals surface area contributed by atoms with Crippen molar-refractivity contribution in [2.75, 3.05) is 7.11 Å². The van der Waals surface area contributed by atoms with E-state index in [1.54, 1.807) is 19.2 Å². The van der Waals surface area contributed by atoms with Gasteiger partial charge in [-0.05, 0) is 71.5 Å². The SMILES string of the molecule is COc1ccc(F)c(-c2scc(COc3cccc(CCC(=O)O)c3)c2C2=CCCC2(C)C)c1. The Hall–Kier alpha value is -3.12. The molecule has 34 heavy (non-hydrogen) atoms. The number of ether oxygens (including phenoxy) is 2. The smallest absolute Gasteiger partial charge is 0.303 e. The van der Waals surface area contributed by atoms with E-state index in [1.807, 2.05) is 29.6 Å². The van der Waals surface area contributed by atoms with Gasteiger partial charge in [-0.2, -0.15) is 0 Å². The minimum atomic E-state index is -0.820. The van der Waals surface area contributed by atoms with Crippen LogP contribution < -0.4 is 9.47 Å². The Bertz CT molecular complexity index is 1220. The molecule has 0 saturated carbocycles. The van der Waals surface area contributed by atoms with Crippen LogP contribution in [0.3, 0.4) is 0 Å². The third-order valence-corrected chi connectivity index (χ3v) is 7.38. The van der Waals surface area contributed by atoms with Crippen molar-refractivity contribution in [2.24, 2.45) is 5.41 Å². The summed E-state index contributed by atoms with van der Waals surface area (Å²) in [6.07, 6.45) is 4.83. The van der Waals surface area contributed by atoms with Crippen LogP contribution in [0.5, 0.6) is 11.5 Å². The molecule has 1 N–H and O–H groups in total. The highest BCUT2D eigenvalue weighted by Crippen LogP contribution is 2.50. The van der Waals surface area contributed by atoms with E-state index in [2.05, 4.69) is 19.9 Å². The van der Waals surface area contributed by atoms with Gasteiger partial charge in [-0.3, -0.25) is 4.79 Å². The number of carboxylic acid groups (broad SMARTS) is 1. The largest absolute Gasteiger partial charge is 0.497 e. The number of carbonyl (C=O) groups is 1. The zero-order valence-corrected chi connectivity index (χ0v) is 20.5. The second-order valence-electron chi connectivity index (χ2n) is 9.18. The van der Waals surface area contributed by atoms with Gasteiger partial charge in [0, 0.05) is 28.0 Å². The van der Waals surface area contributed by atoms with Gasteiger partial charge in [-0.25, -0.2) is 4.39 Å². The lowest BCUT2D eigenvalue weighted by Crippen LogP contribution is -2.11. The number of aliphatic carboxylic acids is 1. The van der Waals surface area contributed by atoms with E-state index in [-0.39, 0.29) is 17.7 Å². The number of halogens is 1.